The molecule has 14 heavy (non-hydrogen) atoms. The van der Waals surface area contributed by atoms with Gasteiger partial charge in [-0.2, -0.15) is 0 Å². The molecule has 3 nitrogen and oxygen atoms in total. The summed E-state index contributed by atoms with van der Waals surface area (Å²) in [5, 5.41) is 3.21. The van der Waals surface area contributed by atoms with E-state index in [9.17, 15) is 0 Å². The predicted molar refractivity (Wildman–Crippen MR) is 57.4 cm³/mol. The zero-order valence-electron chi connectivity index (χ0n) is 9.29. The van der Waals surface area contributed by atoms with Crippen LogP contribution in [0.3, 0.4) is 0 Å². The van der Waals surface area contributed by atoms with Crippen molar-refractivity contribution in [2.24, 2.45) is 0 Å². The molecule has 0 aliphatic carbocycles. The molecule has 1 N–H and O–H groups in total. The summed E-state index contributed by atoms with van der Waals surface area (Å²) >= 11 is 0. The Balaban J connectivity index is 2.92. The smallest absolute Gasteiger partial charge is 0.0658 e. The van der Waals surface area contributed by atoms with Gasteiger partial charge in [0.2, 0.25) is 0 Å². The third kappa shape index (κ3) is 2.53. The molecule has 1 unspecified atom stereocenters. The van der Waals surface area contributed by atoms with Gasteiger partial charge < -0.3 is 10.1 Å². The van der Waals surface area contributed by atoms with Crippen molar-refractivity contribution in [3.8, 4) is 0 Å². The van der Waals surface area contributed by atoms with Gasteiger partial charge in [-0.05, 0) is 32.5 Å². The molecule has 0 amide bonds. The van der Waals surface area contributed by atoms with E-state index in [1.165, 1.54) is 5.56 Å². The number of hydrogen-bond acceptors (Lipinski definition) is 3. The molecule has 78 valence electrons. The number of pyridine rings is 1. The average molecular weight is 194 g/mol. The highest BCUT2D eigenvalue weighted by Gasteiger charge is 2.11. The summed E-state index contributed by atoms with van der Waals surface area (Å²) in [7, 11) is 3.64. The first-order chi connectivity index (χ1) is 6.69. The Labute approximate surface area is 85.5 Å². The van der Waals surface area contributed by atoms with Gasteiger partial charge in [-0.15, -0.1) is 0 Å². The maximum Gasteiger partial charge on any atom is 0.0658 e. The zero-order chi connectivity index (χ0) is 10.6. The number of nitrogens with zero attached hydrogens (tertiary/aromatic N) is 1. The first kappa shape index (κ1) is 11.1. The monoisotopic (exact) mass is 194 g/mol. The molecule has 0 saturated heterocycles. The Morgan fingerprint density at radius 1 is 1.43 bits per heavy atom. The molecule has 0 spiro atoms. The number of nitrogens with one attached hydrogen (secondary N) is 1. The second-order valence-corrected chi connectivity index (χ2v) is 3.42. The second kappa shape index (κ2) is 5.08. The molecular formula is C11H18N2O. The summed E-state index contributed by atoms with van der Waals surface area (Å²) in [5.41, 5.74) is 3.33. The SMILES string of the molecule is CNC(COC)c1ccc(C)nc1C. The average Bonchev–Trinajstić information content (AvgIpc) is 2.15. The molecule has 1 aromatic heterocycles. The largest absolute Gasteiger partial charge is 0.383 e. The molecule has 3 heteroatoms. The normalized spacial score (nSPS) is 12.9. The van der Waals surface area contributed by atoms with Gasteiger partial charge in [-0.25, -0.2) is 0 Å². The van der Waals surface area contributed by atoms with Crippen molar-refractivity contribution in [3.05, 3.63) is 29.1 Å². The Bertz CT molecular complexity index is 299. The highest BCUT2D eigenvalue weighted by atomic mass is 16.5. The summed E-state index contributed by atoms with van der Waals surface area (Å²) in [4.78, 5) is 4.43. The fraction of sp³-hybridized carbons (Fsp3) is 0.545. The van der Waals surface area contributed by atoms with Gasteiger partial charge in [0.1, 0.15) is 0 Å². The van der Waals surface area contributed by atoms with Crippen molar-refractivity contribution < 1.29 is 4.74 Å². The molecule has 0 aliphatic rings. The van der Waals surface area contributed by atoms with Crippen molar-refractivity contribution in [2.45, 2.75) is 19.9 Å². The van der Waals surface area contributed by atoms with Gasteiger partial charge in [0.05, 0.1) is 12.6 Å². The first-order valence-corrected chi connectivity index (χ1v) is 4.79. The van der Waals surface area contributed by atoms with E-state index in [2.05, 4.69) is 16.4 Å². The standard InChI is InChI=1S/C11H18N2O/c1-8-5-6-10(9(2)13-8)11(12-3)7-14-4/h5-6,11-12H,7H2,1-4H3. The Morgan fingerprint density at radius 2 is 2.14 bits per heavy atom. The predicted octanol–water partition coefficient (Wildman–Crippen LogP) is 1.61. The van der Waals surface area contributed by atoms with Crippen molar-refractivity contribution in [1.82, 2.24) is 10.3 Å². The fourth-order valence-corrected chi connectivity index (χ4v) is 1.56. The number of likely N-dealkylation sites (N-methyl/N-ethyl adjacent to an activating group) is 1. The minimum atomic E-state index is 0.230. The van der Waals surface area contributed by atoms with Gasteiger partial charge in [0.15, 0.2) is 0 Å². The van der Waals surface area contributed by atoms with E-state index in [0.29, 0.717) is 6.61 Å². The molecule has 0 aliphatic heterocycles. The van der Waals surface area contributed by atoms with Crippen molar-refractivity contribution in [2.75, 3.05) is 20.8 Å². The number of aromatic nitrogens is 1. The van der Waals surface area contributed by atoms with E-state index in [4.69, 9.17) is 4.74 Å². The van der Waals surface area contributed by atoms with Crippen LogP contribution in [0.5, 0.6) is 0 Å². The lowest BCUT2D eigenvalue weighted by Gasteiger charge is -2.17. The number of aryl methyl sites for hydroxylation is 2. The molecular weight excluding hydrogens is 176 g/mol. The van der Waals surface area contributed by atoms with Crippen molar-refractivity contribution in [3.63, 3.8) is 0 Å². The van der Waals surface area contributed by atoms with E-state index in [1.54, 1.807) is 7.11 Å². The van der Waals surface area contributed by atoms with Crippen LogP contribution in [0.4, 0.5) is 0 Å². The third-order valence-electron chi connectivity index (χ3n) is 2.32. The fourth-order valence-electron chi connectivity index (χ4n) is 1.56. The van der Waals surface area contributed by atoms with Crippen LogP contribution >= 0.6 is 0 Å². The second-order valence-electron chi connectivity index (χ2n) is 3.42. The van der Waals surface area contributed by atoms with Crippen LogP contribution < -0.4 is 5.32 Å². The van der Waals surface area contributed by atoms with Gasteiger partial charge in [0.25, 0.3) is 0 Å². The Kier molecular flexibility index (Phi) is 4.04. The van der Waals surface area contributed by atoms with E-state index in [0.717, 1.165) is 11.4 Å². The number of hydrogen-bond donors (Lipinski definition) is 1. The van der Waals surface area contributed by atoms with E-state index >= 15 is 0 Å². The van der Waals surface area contributed by atoms with Crippen LogP contribution in [0.2, 0.25) is 0 Å². The van der Waals surface area contributed by atoms with Crippen LogP contribution in [0.1, 0.15) is 23.0 Å². The van der Waals surface area contributed by atoms with Crippen LogP contribution in [0.15, 0.2) is 12.1 Å². The zero-order valence-corrected chi connectivity index (χ0v) is 9.29. The van der Waals surface area contributed by atoms with Crippen LogP contribution in [-0.2, 0) is 4.74 Å². The van der Waals surface area contributed by atoms with Gasteiger partial charge >= 0.3 is 0 Å². The molecule has 0 radical (unpaired) electrons. The lowest BCUT2D eigenvalue weighted by Crippen LogP contribution is -2.22. The van der Waals surface area contributed by atoms with Crippen molar-refractivity contribution in [1.29, 1.82) is 0 Å². The summed E-state index contributed by atoms with van der Waals surface area (Å²) in [6.07, 6.45) is 0. The maximum atomic E-state index is 5.14. The quantitative estimate of drug-likeness (QED) is 0.790. The topological polar surface area (TPSA) is 34.1 Å². The molecule has 1 heterocycles. The van der Waals surface area contributed by atoms with Gasteiger partial charge in [0, 0.05) is 18.5 Å². The number of methoxy groups -OCH3 is 1. The number of rotatable bonds is 4. The van der Waals surface area contributed by atoms with Gasteiger partial charge in [-0.3, -0.25) is 4.98 Å². The molecule has 1 aromatic rings. The number of ether oxygens (including phenoxy) is 1. The molecule has 1 atom stereocenters. The highest BCUT2D eigenvalue weighted by Crippen LogP contribution is 2.16. The molecule has 0 aromatic carbocycles. The van der Waals surface area contributed by atoms with E-state index < -0.39 is 0 Å². The van der Waals surface area contributed by atoms with E-state index in [-0.39, 0.29) is 6.04 Å². The molecule has 0 fully saturated rings. The van der Waals surface area contributed by atoms with Crippen LogP contribution in [-0.4, -0.2) is 25.7 Å². The Hall–Kier alpha value is -0.930. The molecule has 0 bridgehead atoms. The summed E-state index contributed by atoms with van der Waals surface area (Å²) in [5.74, 6) is 0. The van der Waals surface area contributed by atoms with Crippen molar-refractivity contribution >= 4 is 0 Å². The highest BCUT2D eigenvalue weighted by molar-refractivity contribution is 5.25. The lowest BCUT2D eigenvalue weighted by atomic mass is 10.1. The minimum absolute atomic E-state index is 0.230. The summed E-state index contributed by atoms with van der Waals surface area (Å²) < 4.78 is 5.14. The van der Waals surface area contributed by atoms with E-state index in [1.807, 2.05) is 27.0 Å². The maximum absolute atomic E-state index is 5.14. The Morgan fingerprint density at radius 3 is 2.64 bits per heavy atom. The first-order valence-electron chi connectivity index (χ1n) is 4.79. The van der Waals surface area contributed by atoms with Crippen LogP contribution in [0, 0.1) is 13.8 Å². The summed E-state index contributed by atoms with van der Waals surface area (Å²) in [6.45, 7) is 4.70. The van der Waals surface area contributed by atoms with Crippen LogP contribution in [0.25, 0.3) is 0 Å². The minimum Gasteiger partial charge on any atom is -0.383 e. The summed E-state index contributed by atoms with van der Waals surface area (Å²) in [6, 6.07) is 4.37. The molecule has 1 rings (SSSR count). The van der Waals surface area contributed by atoms with Gasteiger partial charge in [-0.1, -0.05) is 6.07 Å². The molecule has 0 saturated carbocycles. The lowest BCUT2D eigenvalue weighted by molar-refractivity contribution is 0.170. The third-order valence-corrected chi connectivity index (χ3v) is 2.32.